The highest BCUT2D eigenvalue weighted by Crippen LogP contribution is 2.27. The van der Waals surface area contributed by atoms with Crippen molar-refractivity contribution in [1.82, 2.24) is 0 Å². The molecule has 0 amide bonds. The molecule has 0 saturated heterocycles. The topological polar surface area (TPSA) is 74.6 Å². The lowest BCUT2D eigenvalue weighted by molar-refractivity contribution is 0.0696. The summed E-state index contributed by atoms with van der Waals surface area (Å²) in [5.41, 5.74) is 0.234. The number of halogens is 1. The number of benzene rings is 2. The molecule has 0 radical (unpaired) electrons. The van der Waals surface area contributed by atoms with Crippen LogP contribution >= 0.6 is 0 Å². The number of hydrogen-bond donors (Lipinski definition) is 2. The van der Waals surface area contributed by atoms with E-state index in [-0.39, 0.29) is 27.8 Å². The van der Waals surface area contributed by atoms with E-state index in [1.54, 1.807) is 6.07 Å². The van der Waals surface area contributed by atoms with Gasteiger partial charge in [-0.15, -0.1) is 0 Å². The molecule has 5 heteroatoms. The van der Waals surface area contributed by atoms with E-state index in [2.05, 4.69) is 0 Å². The fourth-order valence-corrected chi connectivity index (χ4v) is 2.01. The molecule has 4 nitrogen and oxygen atoms in total. The van der Waals surface area contributed by atoms with Crippen LogP contribution in [0.2, 0.25) is 0 Å². The minimum atomic E-state index is -1.25. The predicted molar refractivity (Wildman–Crippen MR) is 70.5 cm³/mol. The summed E-state index contributed by atoms with van der Waals surface area (Å²) < 4.78 is 13.7. The van der Waals surface area contributed by atoms with Crippen LogP contribution in [0.4, 0.5) is 4.39 Å². The molecule has 2 N–H and O–H groups in total. The van der Waals surface area contributed by atoms with Crippen molar-refractivity contribution in [2.24, 2.45) is 0 Å². The van der Waals surface area contributed by atoms with Gasteiger partial charge in [0.05, 0.1) is 11.1 Å². The quantitative estimate of drug-likeness (QED) is 0.901. The van der Waals surface area contributed by atoms with Crippen molar-refractivity contribution in [3.05, 3.63) is 58.9 Å². The molecule has 2 rings (SSSR count). The van der Waals surface area contributed by atoms with Crippen LogP contribution < -0.4 is 0 Å². The van der Waals surface area contributed by atoms with E-state index in [4.69, 9.17) is 10.2 Å². The summed E-state index contributed by atoms with van der Waals surface area (Å²) in [4.78, 5) is 22.4. The second-order valence-corrected chi connectivity index (χ2v) is 4.29. The molecule has 2 aromatic rings. The molecule has 2 aromatic carbocycles. The molecule has 0 heterocycles. The fraction of sp³-hybridized carbons (Fsp3) is 0.0667. The molecule has 0 aliphatic rings. The van der Waals surface area contributed by atoms with Gasteiger partial charge >= 0.3 is 11.9 Å². The van der Waals surface area contributed by atoms with E-state index < -0.39 is 17.8 Å². The third kappa shape index (κ3) is 2.38. The van der Waals surface area contributed by atoms with Crippen molar-refractivity contribution in [1.29, 1.82) is 0 Å². The van der Waals surface area contributed by atoms with Gasteiger partial charge in [0.2, 0.25) is 0 Å². The predicted octanol–water partition coefficient (Wildman–Crippen LogP) is 3.20. The van der Waals surface area contributed by atoms with Crippen LogP contribution in [0.1, 0.15) is 26.3 Å². The average molecular weight is 274 g/mol. The molecule has 0 saturated carbocycles. The minimum absolute atomic E-state index is 0.144. The Balaban J connectivity index is 2.75. The molecule has 0 fully saturated rings. The van der Waals surface area contributed by atoms with Crippen LogP contribution in [-0.2, 0) is 0 Å². The highest BCUT2D eigenvalue weighted by molar-refractivity contribution is 5.98. The van der Waals surface area contributed by atoms with Crippen molar-refractivity contribution in [2.45, 2.75) is 6.92 Å². The van der Waals surface area contributed by atoms with Gasteiger partial charge < -0.3 is 10.2 Å². The Hall–Kier alpha value is -2.69. The zero-order chi connectivity index (χ0) is 14.9. The fourth-order valence-electron chi connectivity index (χ4n) is 2.01. The van der Waals surface area contributed by atoms with Crippen molar-refractivity contribution in [3.8, 4) is 11.1 Å². The summed E-state index contributed by atoms with van der Waals surface area (Å²) in [6.07, 6.45) is 0. The highest BCUT2D eigenvalue weighted by Gasteiger charge is 2.18. The third-order valence-electron chi connectivity index (χ3n) is 3.05. The standard InChI is InChI=1S/C15H11FO4/c1-8-11(14(17)18)6-9(7-12(8)15(19)20)10-4-2-3-5-13(10)16/h2-7H,1H3,(H,17,18)(H,19,20). The van der Waals surface area contributed by atoms with Gasteiger partial charge in [-0.25, -0.2) is 14.0 Å². The second kappa shape index (κ2) is 5.13. The maximum absolute atomic E-state index is 13.7. The number of hydrogen-bond acceptors (Lipinski definition) is 2. The maximum Gasteiger partial charge on any atom is 0.335 e. The van der Waals surface area contributed by atoms with E-state index in [9.17, 15) is 14.0 Å². The number of carboxylic acid groups (broad SMARTS) is 2. The Kier molecular flexibility index (Phi) is 3.52. The van der Waals surface area contributed by atoms with Crippen molar-refractivity contribution in [2.75, 3.05) is 0 Å². The Bertz CT molecular complexity index is 672. The maximum atomic E-state index is 13.7. The van der Waals surface area contributed by atoms with Crippen molar-refractivity contribution in [3.63, 3.8) is 0 Å². The van der Waals surface area contributed by atoms with E-state index in [1.807, 2.05) is 0 Å². The largest absolute Gasteiger partial charge is 0.478 e. The van der Waals surface area contributed by atoms with Crippen LogP contribution in [0, 0.1) is 12.7 Å². The van der Waals surface area contributed by atoms with Crippen LogP contribution in [0.5, 0.6) is 0 Å². The lowest BCUT2D eigenvalue weighted by Crippen LogP contribution is -2.08. The van der Waals surface area contributed by atoms with Crippen molar-refractivity contribution < 1.29 is 24.2 Å². The highest BCUT2D eigenvalue weighted by atomic mass is 19.1. The molecule has 0 aliphatic heterocycles. The molecule has 0 aliphatic carbocycles. The first kappa shape index (κ1) is 13.7. The molecule has 0 atom stereocenters. The van der Waals surface area contributed by atoms with Crippen molar-refractivity contribution >= 4 is 11.9 Å². The van der Waals surface area contributed by atoms with E-state index in [1.165, 1.54) is 37.3 Å². The number of carbonyl (C=O) groups is 2. The summed E-state index contributed by atoms with van der Waals surface area (Å²) in [5.74, 6) is -3.03. The first-order chi connectivity index (χ1) is 9.41. The molecule has 102 valence electrons. The zero-order valence-electron chi connectivity index (χ0n) is 10.6. The van der Waals surface area contributed by atoms with Gasteiger partial charge in [-0.3, -0.25) is 0 Å². The Morgan fingerprint density at radius 3 is 1.95 bits per heavy atom. The van der Waals surface area contributed by atoms with E-state index in [0.29, 0.717) is 0 Å². The van der Waals surface area contributed by atoms with E-state index in [0.717, 1.165) is 0 Å². The molecule has 0 spiro atoms. The minimum Gasteiger partial charge on any atom is -0.478 e. The second-order valence-electron chi connectivity index (χ2n) is 4.29. The summed E-state index contributed by atoms with van der Waals surface area (Å²) >= 11 is 0. The first-order valence-electron chi connectivity index (χ1n) is 5.78. The Labute approximate surface area is 114 Å². The lowest BCUT2D eigenvalue weighted by atomic mass is 9.95. The SMILES string of the molecule is Cc1c(C(=O)O)cc(-c2ccccc2F)cc1C(=O)O. The number of aromatic carboxylic acids is 2. The molecule has 0 bridgehead atoms. The Morgan fingerprint density at radius 1 is 1.00 bits per heavy atom. The van der Waals surface area contributed by atoms with Crippen LogP contribution in [-0.4, -0.2) is 22.2 Å². The summed E-state index contributed by atoms with van der Waals surface area (Å²) in [6.45, 7) is 1.41. The molecule has 0 aromatic heterocycles. The van der Waals surface area contributed by atoms with Gasteiger partial charge in [0, 0.05) is 5.56 Å². The Morgan fingerprint density at radius 2 is 1.50 bits per heavy atom. The molecular weight excluding hydrogens is 263 g/mol. The molecular formula is C15H11FO4. The number of carboxylic acids is 2. The summed E-state index contributed by atoms with van der Waals surface area (Å²) in [6, 6.07) is 8.36. The lowest BCUT2D eigenvalue weighted by Gasteiger charge is -2.10. The third-order valence-corrected chi connectivity index (χ3v) is 3.05. The van der Waals surface area contributed by atoms with E-state index >= 15 is 0 Å². The zero-order valence-corrected chi connectivity index (χ0v) is 10.6. The molecule has 20 heavy (non-hydrogen) atoms. The first-order valence-corrected chi connectivity index (χ1v) is 5.78. The monoisotopic (exact) mass is 274 g/mol. The van der Waals surface area contributed by atoms with Gasteiger partial charge in [0.1, 0.15) is 5.82 Å². The van der Waals surface area contributed by atoms with Crippen LogP contribution in [0.3, 0.4) is 0 Å². The van der Waals surface area contributed by atoms with Gasteiger partial charge in [-0.2, -0.15) is 0 Å². The van der Waals surface area contributed by atoms with Crippen LogP contribution in [0.25, 0.3) is 11.1 Å². The molecule has 0 unspecified atom stereocenters. The normalized spacial score (nSPS) is 10.3. The summed E-state index contributed by atoms with van der Waals surface area (Å²) in [7, 11) is 0. The number of rotatable bonds is 3. The van der Waals surface area contributed by atoms with Crippen LogP contribution in [0.15, 0.2) is 36.4 Å². The van der Waals surface area contributed by atoms with Gasteiger partial charge in [-0.05, 0) is 36.2 Å². The average Bonchev–Trinajstić information content (AvgIpc) is 2.39. The van der Waals surface area contributed by atoms with Gasteiger partial charge in [0.25, 0.3) is 0 Å². The van der Waals surface area contributed by atoms with Gasteiger partial charge in [-0.1, -0.05) is 18.2 Å². The van der Waals surface area contributed by atoms with Gasteiger partial charge in [0.15, 0.2) is 0 Å². The smallest absolute Gasteiger partial charge is 0.335 e. The summed E-state index contributed by atoms with van der Waals surface area (Å²) in [5, 5.41) is 18.3.